The predicted molar refractivity (Wildman–Crippen MR) is 95.8 cm³/mol. The first kappa shape index (κ1) is 17.9. The maximum atomic E-state index is 12.1. The standard InChI is InChI=1S/C17H18N4O4S/c1-12-16(13(2)20-26(23,24)19-12)10-17(22)25-11-14-4-6-15(7-5-14)21-9-3-8-18-21/h3-9,19H,10-11H2,1-2H3. The number of nitrogens with one attached hydrogen (secondary N) is 1. The van der Waals surface area contributed by atoms with Gasteiger partial charge in [-0.25, -0.2) is 4.68 Å². The Kier molecular flexibility index (Phi) is 4.90. The lowest BCUT2D eigenvalue weighted by Crippen LogP contribution is -2.28. The summed E-state index contributed by atoms with van der Waals surface area (Å²) < 4.78 is 35.8. The molecule has 0 radical (unpaired) electrons. The molecule has 0 bridgehead atoms. The lowest BCUT2D eigenvalue weighted by atomic mass is 10.1. The second-order valence-corrected chi connectivity index (χ2v) is 7.15. The molecule has 0 fully saturated rings. The fraction of sp³-hybridized carbons (Fsp3) is 0.235. The molecule has 0 saturated heterocycles. The van der Waals surface area contributed by atoms with Crippen molar-refractivity contribution < 1.29 is 17.9 Å². The first-order valence-electron chi connectivity index (χ1n) is 7.88. The number of nitrogens with zero attached hydrogens (tertiary/aromatic N) is 3. The molecule has 9 heteroatoms. The Bertz CT molecular complexity index is 974. The fourth-order valence-electron chi connectivity index (χ4n) is 2.57. The van der Waals surface area contributed by atoms with Crippen LogP contribution < -0.4 is 4.72 Å². The van der Waals surface area contributed by atoms with Crippen LogP contribution in [-0.2, 0) is 26.3 Å². The number of hydrogen-bond acceptors (Lipinski definition) is 5. The van der Waals surface area contributed by atoms with Gasteiger partial charge in [0, 0.05) is 23.7 Å². The van der Waals surface area contributed by atoms with E-state index in [4.69, 9.17) is 4.74 Å². The molecule has 1 aliphatic rings. The number of aromatic nitrogens is 2. The quantitative estimate of drug-likeness (QED) is 0.805. The molecular weight excluding hydrogens is 356 g/mol. The van der Waals surface area contributed by atoms with Crippen molar-refractivity contribution in [3.05, 3.63) is 59.6 Å². The maximum Gasteiger partial charge on any atom is 0.342 e. The van der Waals surface area contributed by atoms with Crippen LogP contribution in [0, 0.1) is 0 Å². The van der Waals surface area contributed by atoms with Gasteiger partial charge >= 0.3 is 16.2 Å². The number of hydrogen-bond donors (Lipinski definition) is 1. The van der Waals surface area contributed by atoms with E-state index in [9.17, 15) is 13.2 Å². The highest BCUT2D eigenvalue weighted by molar-refractivity contribution is 7.88. The van der Waals surface area contributed by atoms with Crippen LogP contribution in [0.1, 0.15) is 25.8 Å². The van der Waals surface area contributed by atoms with Crippen molar-refractivity contribution in [2.24, 2.45) is 4.40 Å². The van der Waals surface area contributed by atoms with E-state index in [1.807, 2.05) is 36.5 Å². The van der Waals surface area contributed by atoms with Crippen molar-refractivity contribution in [1.82, 2.24) is 14.5 Å². The maximum absolute atomic E-state index is 12.1. The van der Waals surface area contributed by atoms with Gasteiger partial charge in [-0.3, -0.25) is 9.52 Å². The highest BCUT2D eigenvalue weighted by Gasteiger charge is 2.22. The van der Waals surface area contributed by atoms with Crippen molar-refractivity contribution in [1.29, 1.82) is 0 Å². The Hall–Kier alpha value is -2.94. The van der Waals surface area contributed by atoms with Crippen molar-refractivity contribution >= 4 is 21.9 Å². The number of carbonyl (C=O) groups excluding carboxylic acids is 1. The molecule has 0 aliphatic carbocycles. The normalized spacial score (nSPS) is 16.0. The van der Waals surface area contributed by atoms with Gasteiger partial charge in [-0.1, -0.05) is 12.1 Å². The molecule has 0 unspecified atom stereocenters. The van der Waals surface area contributed by atoms with Crippen LogP contribution in [-0.4, -0.2) is 29.9 Å². The van der Waals surface area contributed by atoms with Crippen LogP contribution in [0.5, 0.6) is 0 Å². The molecule has 1 aliphatic heterocycles. The summed E-state index contributed by atoms with van der Waals surface area (Å²) in [5.41, 5.74) is 2.96. The minimum atomic E-state index is -3.71. The van der Waals surface area contributed by atoms with E-state index in [2.05, 4.69) is 14.2 Å². The second kappa shape index (κ2) is 7.12. The summed E-state index contributed by atoms with van der Waals surface area (Å²) in [6.07, 6.45) is 3.49. The number of carbonyl (C=O) groups is 1. The highest BCUT2D eigenvalue weighted by Crippen LogP contribution is 2.17. The summed E-state index contributed by atoms with van der Waals surface area (Å²) in [7, 11) is -3.71. The molecule has 3 rings (SSSR count). The van der Waals surface area contributed by atoms with Crippen LogP contribution in [0.4, 0.5) is 0 Å². The molecule has 0 saturated carbocycles. The summed E-state index contributed by atoms with van der Waals surface area (Å²) in [6, 6.07) is 9.32. The number of esters is 1. The van der Waals surface area contributed by atoms with Gasteiger partial charge in [0.2, 0.25) is 0 Å². The zero-order valence-electron chi connectivity index (χ0n) is 14.3. The molecule has 136 valence electrons. The van der Waals surface area contributed by atoms with E-state index in [1.165, 1.54) is 0 Å². The van der Waals surface area contributed by atoms with Gasteiger partial charge in [0.05, 0.1) is 17.8 Å². The van der Waals surface area contributed by atoms with E-state index in [1.54, 1.807) is 24.7 Å². The van der Waals surface area contributed by atoms with Crippen molar-refractivity contribution in [2.75, 3.05) is 0 Å². The van der Waals surface area contributed by atoms with Crippen LogP contribution in [0.2, 0.25) is 0 Å². The molecular formula is C17H18N4O4S. The Morgan fingerprint density at radius 3 is 2.58 bits per heavy atom. The van der Waals surface area contributed by atoms with Crippen LogP contribution in [0.15, 0.2) is 58.4 Å². The first-order valence-corrected chi connectivity index (χ1v) is 9.32. The Balaban J connectivity index is 1.59. The number of ether oxygens (including phenoxy) is 1. The van der Waals surface area contributed by atoms with Gasteiger partial charge in [0.25, 0.3) is 0 Å². The Morgan fingerprint density at radius 1 is 1.23 bits per heavy atom. The third kappa shape index (κ3) is 4.17. The third-order valence-electron chi connectivity index (χ3n) is 3.85. The molecule has 0 amide bonds. The molecule has 26 heavy (non-hydrogen) atoms. The highest BCUT2D eigenvalue weighted by atomic mass is 32.2. The van der Waals surface area contributed by atoms with E-state index >= 15 is 0 Å². The van der Waals surface area contributed by atoms with Gasteiger partial charge < -0.3 is 4.74 Å². The zero-order valence-corrected chi connectivity index (χ0v) is 15.2. The summed E-state index contributed by atoms with van der Waals surface area (Å²) in [4.78, 5) is 12.1. The molecule has 1 N–H and O–H groups in total. The lowest BCUT2D eigenvalue weighted by Gasteiger charge is -2.17. The third-order valence-corrected chi connectivity index (χ3v) is 4.93. The largest absolute Gasteiger partial charge is 0.461 e. The fourth-order valence-corrected chi connectivity index (χ4v) is 3.60. The first-order chi connectivity index (χ1) is 12.3. The molecule has 0 atom stereocenters. The second-order valence-electron chi connectivity index (χ2n) is 5.81. The van der Waals surface area contributed by atoms with Gasteiger partial charge in [0.1, 0.15) is 6.61 Å². The van der Waals surface area contributed by atoms with Gasteiger partial charge in [-0.05, 0) is 37.6 Å². The lowest BCUT2D eigenvalue weighted by molar-refractivity contribution is -0.144. The molecule has 1 aromatic heterocycles. The molecule has 2 heterocycles. The minimum absolute atomic E-state index is 0.0466. The van der Waals surface area contributed by atoms with Crippen molar-refractivity contribution in [3.8, 4) is 5.69 Å². The van der Waals surface area contributed by atoms with Crippen LogP contribution in [0.3, 0.4) is 0 Å². The zero-order chi connectivity index (χ0) is 18.7. The number of benzene rings is 1. The summed E-state index contributed by atoms with van der Waals surface area (Å²) in [5, 5.41) is 4.15. The molecule has 2 aromatic rings. The van der Waals surface area contributed by atoms with Gasteiger partial charge in [-0.15, -0.1) is 4.40 Å². The van der Waals surface area contributed by atoms with Crippen molar-refractivity contribution in [3.63, 3.8) is 0 Å². The molecule has 8 nitrogen and oxygen atoms in total. The Labute approximate surface area is 151 Å². The van der Waals surface area contributed by atoms with E-state index in [0.717, 1.165) is 11.3 Å². The summed E-state index contributed by atoms with van der Waals surface area (Å²) >= 11 is 0. The average molecular weight is 374 g/mol. The monoisotopic (exact) mass is 374 g/mol. The van der Waals surface area contributed by atoms with Crippen LogP contribution >= 0.6 is 0 Å². The van der Waals surface area contributed by atoms with Gasteiger partial charge in [-0.2, -0.15) is 13.5 Å². The molecule has 1 aromatic carbocycles. The van der Waals surface area contributed by atoms with E-state index < -0.39 is 16.2 Å². The average Bonchev–Trinajstić information content (AvgIpc) is 3.10. The minimum Gasteiger partial charge on any atom is -0.461 e. The summed E-state index contributed by atoms with van der Waals surface area (Å²) in [6.45, 7) is 3.28. The van der Waals surface area contributed by atoms with Crippen molar-refractivity contribution in [2.45, 2.75) is 26.9 Å². The molecule has 0 spiro atoms. The van der Waals surface area contributed by atoms with E-state index in [0.29, 0.717) is 17.0 Å². The number of allylic oxidation sites excluding steroid dienone is 1. The summed E-state index contributed by atoms with van der Waals surface area (Å²) in [5.74, 6) is -0.453. The SMILES string of the molecule is CC1=NS(=O)(=O)NC(C)=C1CC(=O)OCc1ccc(-n2cccn2)cc1. The number of rotatable bonds is 5. The topological polar surface area (TPSA) is 103 Å². The van der Waals surface area contributed by atoms with Crippen LogP contribution in [0.25, 0.3) is 5.69 Å². The van der Waals surface area contributed by atoms with E-state index in [-0.39, 0.29) is 13.0 Å². The Morgan fingerprint density at radius 2 is 1.96 bits per heavy atom. The van der Waals surface area contributed by atoms with Gasteiger partial charge in [0.15, 0.2) is 0 Å². The predicted octanol–water partition coefficient (Wildman–Crippen LogP) is 1.89. The smallest absolute Gasteiger partial charge is 0.342 e.